The lowest BCUT2D eigenvalue weighted by Crippen LogP contribution is -2.54. The van der Waals surface area contributed by atoms with Gasteiger partial charge in [0.05, 0.1) is 17.5 Å². The lowest BCUT2D eigenvalue weighted by atomic mass is 10.1. The third-order valence-electron chi connectivity index (χ3n) is 3.30. The number of benzene rings is 1. The molecule has 4 amide bonds. The highest BCUT2D eigenvalue weighted by molar-refractivity contribution is 6.39. The molecule has 2 heterocycles. The van der Waals surface area contributed by atoms with E-state index < -0.39 is 23.8 Å². The summed E-state index contributed by atoms with van der Waals surface area (Å²) in [7, 11) is 0. The molecule has 0 radical (unpaired) electrons. The molecule has 1 aromatic heterocycles. The maximum Gasteiger partial charge on any atom is 0.335 e. The van der Waals surface area contributed by atoms with Gasteiger partial charge in [-0.15, -0.1) is 0 Å². The Labute approximate surface area is 135 Å². The van der Waals surface area contributed by atoms with Gasteiger partial charge < -0.3 is 9.52 Å². The minimum absolute atomic E-state index is 0.00560. The van der Waals surface area contributed by atoms with E-state index in [0.29, 0.717) is 0 Å². The van der Waals surface area contributed by atoms with E-state index in [0.717, 1.165) is 4.90 Å². The zero-order valence-corrected chi connectivity index (χ0v) is 12.1. The molecule has 1 aliphatic rings. The van der Waals surface area contributed by atoms with E-state index in [9.17, 15) is 19.2 Å². The summed E-state index contributed by atoms with van der Waals surface area (Å²) in [6.07, 6.45) is 2.61. The average Bonchev–Trinajstić information content (AvgIpc) is 3.05. The lowest BCUT2D eigenvalue weighted by Gasteiger charge is -2.26. The number of carbonyl (C=O) groups excluding carboxylic acids is 3. The fourth-order valence-electron chi connectivity index (χ4n) is 2.16. The number of hydrogen-bond donors (Lipinski definition) is 2. The Kier molecular flexibility index (Phi) is 3.70. The summed E-state index contributed by atoms with van der Waals surface area (Å²) < 4.78 is 5.07. The molecular weight excluding hydrogens is 316 g/mol. The number of carbonyl (C=O) groups is 4. The van der Waals surface area contributed by atoms with Crippen molar-refractivity contribution in [3.63, 3.8) is 0 Å². The number of nitrogens with zero attached hydrogens (tertiary/aromatic N) is 1. The number of carboxylic acid groups (broad SMARTS) is 1. The molecular formula is C16H10N2O6. The highest BCUT2D eigenvalue weighted by atomic mass is 16.4. The van der Waals surface area contributed by atoms with Crippen molar-refractivity contribution in [2.24, 2.45) is 0 Å². The molecule has 1 fully saturated rings. The number of aromatic carboxylic acids is 1. The van der Waals surface area contributed by atoms with E-state index in [1.54, 1.807) is 12.1 Å². The summed E-state index contributed by atoms with van der Waals surface area (Å²) in [5, 5.41) is 10.9. The lowest BCUT2D eigenvalue weighted by molar-refractivity contribution is -0.122. The van der Waals surface area contributed by atoms with Gasteiger partial charge in [0.25, 0.3) is 11.8 Å². The van der Waals surface area contributed by atoms with Gasteiger partial charge in [0, 0.05) is 0 Å². The molecule has 2 N–H and O–H groups in total. The number of carboxylic acids is 1. The van der Waals surface area contributed by atoms with Gasteiger partial charge in [-0.1, -0.05) is 0 Å². The van der Waals surface area contributed by atoms with Crippen LogP contribution in [-0.4, -0.2) is 28.9 Å². The quantitative estimate of drug-likeness (QED) is 0.654. The highest BCUT2D eigenvalue weighted by Crippen LogP contribution is 2.22. The summed E-state index contributed by atoms with van der Waals surface area (Å²) in [6, 6.07) is 7.35. The molecule has 1 saturated heterocycles. The largest absolute Gasteiger partial charge is 0.478 e. The Bertz CT molecular complexity index is 864. The third kappa shape index (κ3) is 2.68. The number of furan rings is 1. The second-order valence-electron chi connectivity index (χ2n) is 4.83. The molecule has 24 heavy (non-hydrogen) atoms. The van der Waals surface area contributed by atoms with Crippen molar-refractivity contribution in [3.05, 3.63) is 59.6 Å². The summed E-state index contributed by atoms with van der Waals surface area (Å²) in [4.78, 5) is 48.0. The van der Waals surface area contributed by atoms with Crippen molar-refractivity contribution in [3.8, 4) is 0 Å². The van der Waals surface area contributed by atoms with Gasteiger partial charge in [0.1, 0.15) is 11.3 Å². The fourth-order valence-corrected chi connectivity index (χ4v) is 2.16. The van der Waals surface area contributed by atoms with Crippen molar-refractivity contribution in [2.75, 3.05) is 4.90 Å². The number of urea groups is 1. The molecule has 0 saturated carbocycles. The molecule has 0 bridgehead atoms. The van der Waals surface area contributed by atoms with E-state index >= 15 is 0 Å². The van der Waals surface area contributed by atoms with Gasteiger partial charge in [-0.3, -0.25) is 14.9 Å². The van der Waals surface area contributed by atoms with E-state index in [1.807, 2.05) is 0 Å². The molecule has 3 rings (SSSR count). The maximum absolute atomic E-state index is 12.5. The molecule has 8 nitrogen and oxygen atoms in total. The van der Waals surface area contributed by atoms with Crippen LogP contribution < -0.4 is 10.2 Å². The molecule has 1 aliphatic heterocycles. The second-order valence-corrected chi connectivity index (χ2v) is 4.83. The fraction of sp³-hybridized carbons (Fsp3) is 0. The Morgan fingerprint density at radius 2 is 1.83 bits per heavy atom. The number of imide groups is 2. The predicted octanol–water partition coefficient (Wildman–Crippen LogP) is 1.64. The van der Waals surface area contributed by atoms with Gasteiger partial charge in [0.15, 0.2) is 0 Å². The summed E-state index contributed by atoms with van der Waals surface area (Å²) in [5.74, 6) is -2.52. The number of nitrogens with one attached hydrogen (secondary N) is 1. The first kappa shape index (κ1) is 15.2. The average molecular weight is 326 g/mol. The van der Waals surface area contributed by atoms with Crippen LogP contribution in [0.25, 0.3) is 6.08 Å². The zero-order valence-electron chi connectivity index (χ0n) is 12.1. The van der Waals surface area contributed by atoms with E-state index in [4.69, 9.17) is 9.52 Å². The van der Waals surface area contributed by atoms with Crippen molar-refractivity contribution < 1.29 is 28.7 Å². The van der Waals surface area contributed by atoms with Crippen LogP contribution in [0.4, 0.5) is 10.5 Å². The smallest absolute Gasteiger partial charge is 0.335 e. The maximum atomic E-state index is 12.5. The predicted molar refractivity (Wildman–Crippen MR) is 81.1 cm³/mol. The molecule has 120 valence electrons. The molecule has 0 atom stereocenters. The van der Waals surface area contributed by atoms with Crippen molar-refractivity contribution in [1.82, 2.24) is 5.32 Å². The molecule has 8 heteroatoms. The van der Waals surface area contributed by atoms with Gasteiger partial charge in [-0.05, 0) is 42.5 Å². The summed E-state index contributed by atoms with van der Waals surface area (Å²) in [5.41, 5.74) is -0.127. The van der Waals surface area contributed by atoms with Gasteiger partial charge in [-0.2, -0.15) is 0 Å². The zero-order chi connectivity index (χ0) is 17.3. The number of hydrogen-bond acceptors (Lipinski definition) is 5. The first-order valence-electron chi connectivity index (χ1n) is 6.75. The molecule has 0 aliphatic carbocycles. The SMILES string of the molecule is O=C1NC(=O)N(c2ccc(C(=O)O)cc2)C(=O)/C1=C\c1ccco1. The Morgan fingerprint density at radius 1 is 1.12 bits per heavy atom. The Hall–Kier alpha value is -3.68. The van der Waals surface area contributed by atoms with Gasteiger partial charge in [0.2, 0.25) is 0 Å². The minimum atomic E-state index is -1.13. The summed E-state index contributed by atoms with van der Waals surface area (Å²) >= 11 is 0. The van der Waals surface area contributed by atoms with Gasteiger partial charge >= 0.3 is 12.0 Å². The topological polar surface area (TPSA) is 117 Å². The third-order valence-corrected chi connectivity index (χ3v) is 3.30. The highest BCUT2D eigenvalue weighted by Gasteiger charge is 2.37. The Morgan fingerprint density at radius 3 is 2.42 bits per heavy atom. The van der Waals surface area contributed by atoms with Crippen LogP contribution >= 0.6 is 0 Å². The summed E-state index contributed by atoms with van der Waals surface area (Å²) in [6.45, 7) is 0. The number of anilines is 1. The molecule has 1 aromatic carbocycles. The first-order valence-corrected chi connectivity index (χ1v) is 6.75. The van der Waals surface area contributed by atoms with Crippen LogP contribution in [0.1, 0.15) is 16.1 Å². The van der Waals surface area contributed by atoms with E-state index in [2.05, 4.69) is 5.32 Å². The molecule has 0 unspecified atom stereocenters. The van der Waals surface area contributed by atoms with Crippen LogP contribution in [0.3, 0.4) is 0 Å². The van der Waals surface area contributed by atoms with Crippen molar-refractivity contribution in [2.45, 2.75) is 0 Å². The van der Waals surface area contributed by atoms with E-state index in [-0.39, 0.29) is 22.6 Å². The number of amides is 4. The van der Waals surface area contributed by atoms with Crippen LogP contribution in [0, 0.1) is 0 Å². The standard InChI is InChI=1S/C16H10N2O6/c19-13-12(8-11-2-1-7-24-11)14(20)18(16(23)17-13)10-5-3-9(4-6-10)15(21)22/h1-8H,(H,21,22)(H,17,19,23)/b12-8-. The number of barbiturate groups is 1. The monoisotopic (exact) mass is 326 g/mol. The van der Waals surface area contributed by atoms with Crippen LogP contribution in [0.15, 0.2) is 52.7 Å². The molecule has 0 spiro atoms. The van der Waals surface area contributed by atoms with Crippen LogP contribution in [0.5, 0.6) is 0 Å². The minimum Gasteiger partial charge on any atom is -0.478 e. The molecule has 2 aromatic rings. The van der Waals surface area contributed by atoms with Crippen LogP contribution in [0.2, 0.25) is 0 Å². The van der Waals surface area contributed by atoms with Crippen LogP contribution in [-0.2, 0) is 9.59 Å². The van der Waals surface area contributed by atoms with Gasteiger partial charge in [-0.25, -0.2) is 14.5 Å². The van der Waals surface area contributed by atoms with E-state index in [1.165, 1.54) is 36.6 Å². The van der Waals surface area contributed by atoms with Crippen molar-refractivity contribution >= 4 is 35.6 Å². The Balaban J connectivity index is 1.98. The number of rotatable bonds is 3. The van der Waals surface area contributed by atoms with Crippen molar-refractivity contribution in [1.29, 1.82) is 0 Å². The normalized spacial score (nSPS) is 16.4. The first-order chi connectivity index (χ1) is 11.5. The second kappa shape index (κ2) is 5.84.